The topological polar surface area (TPSA) is 20.2 Å². The van der Waals surface area contributed by atoms with Crippen molar-refractivity contribution in [3.05, 3.63) is 100 Å². The molecule has 0 amide bonds. The molecule has 3 aromatic rings. The zero-order valence-corrected chi connectivity index (χ0v) is 21.6. The standard InChI is InChI=1S/C26H28O.3CH3.Ti/c1-4-15-26(17-18(2)3)23-11-7-5-10-21(23)22-14-13-19(16-24(22)26)20-9-6-8-12-25(20)27;;;;/h5-14,16,18,27H,4,15,17H2,1-3H3;3*1H3;/q;3*-1;+3. The second-order valence-electron chi connectivity index (χ2n) is 8.25. The smallest absolute Gasteiger partial charge is 0.507 e. The fraction of sp³-hybridized carbons (Fsp3) is 0.276. The van der Waals surface area contributed by atoms with Crippen molar-refractivity contribution in [2.24, 2.45) is 5.92 Å². The largest absolute Gasteiger partial charge is 3.00 e. The maximum Gasteiger partial charge on any atom is 3.00 e. The number of hydrogen-bond donors (Lipinski definition) is 1. The summed E-state index contributed by atoms with van der Waals surface area (Å²) in [5.74, 6) is 0.960. The molecule has 0 saturated carbocycles. The molecule has 1 aliphatic rings. The molecule has 1 nitrogen and oxygen atoms in total. The molecule has 3 aromatic carbocycles. The van der Waals surface area contributed by atoms with Crippen molar-refractivity contribution in [3.63, 3.8) is 0 Å². The Morgan fingerprint density at radius 2 is 1.35 bits per heavy atom. The maximum atomic E-state index is 10.4. The number of fused-ring (bicyclic) bond motifs is 3. The Morgan fingerprint density at radius 1 is 0.774 bits per heavy atom. The number of phenolic OH excluding ortho intramolecular Hbond substituents is 1. The van der Waals surface area contributed by atoms with E-state index in [2.05, 4.69) is 63.2 Å². The van der Waals surface area contributed by atoms with Crippen LogP contribution in [0.4, 0.5) is 0 Å². The number of phenols is 1. The van der Waals surface area contributed by atoms with Gasteiger partial charge >= 0.3 is 21.7 Å². The summed E-state index contributed by atoms with van der Waals surface area (Å²) >= 11 is 0. The molecule has 1 radical (unpaired) electrons. The summed E-state index contributed by atoms with van der Waals surface area (Å²) in [7, 11) is 0. The summed E-state index contributed by atoms with van der Waals surface area (Å²) in [6.45, 7) is 6.94. The Labute approximate surface area is 205 Å². The molecule has 1 aliphatic carbocycles. The zero-order valence-electron chi connectivity index (χ0n) is 20.0. The number of rotatable bonds is 5. The van der Waals surface area contributed by atoms with E-state index in [4.69, 9.17) is 0 Å². The molecule has 0 aromatic heterocycles. The number of aromatic hydroxyl groups is 1. The Kier molecular flexibility index (Phi) is 11.0. The molecule has 1 N–H and O–H groups in total. The minimum Gasteiger partial charge on any atom is -0.507 e. The van der Waals surface area contributed by atoms with Crippen LogP contribution in [0, 0.1) is 28.2 Å². The van der Waals surface area contributed by atoms with Gasteiger partial charge in [-0.15, -0.1) is 0 Å². The van der Waals surface area contributed by atoms with Gasteiger partial charge in [-0.3, -0.25) is 0 Å². The summed E-state index contributed by atoms with van der Waals surface area (Å²) in [6, 6.07) is 23.3. The molecule has 0 aliphatic heterocycles. The van der Waals surface area contributed by atoms with Crippen molar-refractivity contribution in [2.75, 3.05) is 0 Å². The third-order valence-electron chi connectivity index (χ3n) is 5.92. The molecule has 0 fully saturated rings. The van der Waals surface area contributed by atoms with Crippen LogP contribution in [0.5, 0.6) is 5.75 Å². The molecule has 1 atom stereocenters. The summed E-state index contributed by atoms with van der Waals surface area (Å²) in [6.07, 6.45) is 3.45. The van der Waals surface area contributed by atoms with E-state index in [0.717, 1.165) is 30.4 Å². The molecular formula is C29H37OTi. The zero-order chi connectivity index (χ0) is 19.0. The van der Waals surface area contributed by atoms with Gasteiger partial charge in [0.2, 0.25) is 0 Å². The van der Waals surface area contributed by atoms with Crippen molar-refractivity contribution in [1.29, 1.82) is 0 Å². The molecule has 0 heterocycles. The molecule has 2 heteroatoms. The van der Waals surface area contributed by atoms with Gasteiger partial charge in [0.1, 0.15) is 5.75 Å². The van der Waals surface area contributed by atoms with Crippen molar-refractivity contribution in [2.45, 2.75) is 45.4 Å². The van der Waals surface area contributed by atoms with Gasteiger partial charge in [0.15, 0.2) is 0 Å². The van der Waals surface area contributed by atoms with Gasteiger partial charge in [-0.05, 0) is 58.7 Å². The first kappa shape index (κ1) is 29.2. The first-order valence-corrected chi connectivity index (χ1v) is 10.1. The summed E-state index contributed by atoms with van der Waals surface area (Å²) < 4.78 is 0. The number of benzene rings is 3. The second-order valence-corrected chi connectivity index (χ2v) is 8.25. The quantitative estimate of drug-likeness (QED) is 0.306. The SMILES string of the molecule is CCCC1(CC(C)C)c2ccccc2-c2ccc(-c3ccccc3O)cc21.[CH3-].[CH3-].[CH3-].[Ti+3]. The fourth-order valence-corrected chi connectivity index (χ4v) is 5.06. The first-order valence-electron chi connectivity index (χ1n) is 10.1. The van der Waals surface area contributed by atoms with E-state index in [1.165, 1.54) is 22.3 Å². The molecule has 4 rings (SSSR count). The molecule has 0 saturated heterocycles. The van der Waals surface area contributed by atoms with Crippen molar-refractivity contribution in [1.82, 2.24) is 0 Å². The van der Waals surface area contributed by atoms with Crippen LogP contribution in [0.2, 0.25) is 0 Å². The predicted molar refractivity (Wildman–Crippen MR) is 133 cm³/mol. The summed E-state index contributed by atoms with van der Waals surface area (Å²) in [5.41, 5.74) is 7.72. The fourth-order valence-electron chi connectivity index (χ4n) is 5.06. The van der Waals surface area contributed by atoms with Crippen LogP contribution < -0.4 is 0 Å². The molecule has 0 spiro atoms. The molecular weight excluding hydrogens is 412 g/mol. The van der Waals surface area contributed by atoms with Gasteiger partial charge in [0.05, 0.1) is 0 Å². The Hall–Kier alpha value is -1.83. The van der Waals surface area contributed by atoms with Gasteiger partial charge in [-0.1, -0.05) is 81.8 Å². The van der Waals surface area contributed by atoms with Crippen LogP contribution in [0.3, 0.4) is 0 Å². The molecule has 31 heavy (non-hydrogen) atoms. The summed E-state index contributed by atoms with van der Waals surface area (Å²) in [4.78, 5) is 0. The van der Waals surface area contributed by atoms with E-state index in [9.17, 15) is 5.11 Å². The van der Waals surface area contributed by atoms with Crippen LogP contribution in [0.1, 0.15) is 51.2 Å². The van der Waals surface area contributed by atoms with E-state index in [1.807, 2.05) is 18.2 Å². The van der Waals surface area contributed by atoms with Crippen LogP contribution >= 0.6 is 0 Å². The minimum atomic E-state index is 0. The van der Waals surface area contributed by atoms with E-state index in [1.54, 1.807) is 6.07 Å². The third-order valence-corrected chi connectivity index (χ3v) is 5.92. The van der Waals surface area contributed by atoms with E-state index in [-0.39, 0.29) is 49.4 Å². The van der Waals surface area contributed by atoms with Gasteiger partial charge < -0.3 is 27.4 Å². The predicted octanol–water partition coefficient (Wildman–Crippen LogP) is 8.52. The average Bonchev–Trinajstić information content (AvgIpc) is 2.92. The monoisotopic (exact) mass is 449 g/mol. The first-order chi connectivity index (χ1) is 13.1. The maximum absolute atomic E-state index is 10.4. The van der Waals surface area contributed by atoms with Gasteiger partial charge in [-0.2, -0.15) is 0 Å². The number of hydrogen-bond acceptors (Lipinski definition) is 1. The normalized spacial score (nSPS) is 15.5. The van der Waals surface area contributed by atoms with Crippen LogP contribution in [-0.4, -0.2) is 5.11 Å². The van der Waals surface area contributed by atoms with E-state index >= 15 is 0 Å². The van der Waals surface area contributed by atoms with Gasteiger partial charge in [0.25, 0.3) is 0 Å². The van der Waals surface area contributed by atoms with E-state index < -0.39 is 0 Å². The van der Waals surface area contributed by atoms with Crippen LogP contribution in [-0.2, 0) is 27.1 Å². The van der Waals surface area contributed by atoms with Crippen molar-refractivity contribution in [3.8, 4) is 28.0 Å². The van der Waals surface area contributed by atoms with Gasteiger partial charge in [0, 0.05) is 11.0 Å². The summed E-state index contributed by atoms with van der Waals surface area (Å²) in [5, 5.41) is 10.4. The van der Waals surface area contributed by atoms with Gasteiger partial charge in [-0.25, -0.2) is 0 Å². The van der Waals surface area contributed by atoms with Crippen LogP contribution in [0.15, 0.2) is 66.7 Å². The Balaban J connectivity index is 0.00000225. The Morgan fingerprint density at radius 3 is 1.97 bits per heavy atom. The molecule has 1 unspecified atom stereocenters. The average molecular weight is 449 g/mol. The Bertz CT molecular complexity index is 976. The number of para-hydroxylation sites is 1. The third kappa shape index (κ3) is 4.99. The second kappa shape index (κ2) is 11.7. The molecule has 0 bridgehead atoms. The van der Waals surface area contributed by atoms with Crippen molar-refractivity contribution >= 4 is 0 Å². The van der Waals surface area contributed by atoms with Crippen LogP contribution in [0.25, 0.3) is 22.3 Å². The van der Waals surface area contributed by atoms with E-state index in [0.29, 0.717) is 11.7 Å². The minimum absolute atomic E-state index is 0. The molecule has 163 valence electrons. The van der Waals surface area contributed by atoms with Crippen molar-refractivity contribution < 1.29 is 26.8 Å².